The molecule has 3 heteroatoms. The van der Waals surface area contributed by atoms with Crippen molar-refractivity contribution in [3.8, 4) is 0 Å². The minimum absolute atomic E-state index is 0. The quantitative estimate of drug-likeness (QED) is 0.667. The minimum atomic E-state index is 0. The van der Waals surface area contributed by atoms with E-state index in [9.17, 15) is 4.79 Å². The molecule has 54 valence electrons. The Hall–Kier alpha value is -0.340. The summed E-state index contributed by atoms with van der Waals surface area (Å²) in [4.78, 5) is 10.1. The van der Waals surface area contributed by atoms with Crippen LogP contribution in [0.5, 0.6) is 0 Å². The van der Waals surface area contributed by atoms with Crippen LogP contribution in [0.15, 0.2) is 28.7 Å². The van der Waals surface area contributed by atoms with E-state index < -0.39 is 0 Å². The third kappa shape index (κ3) is 2.50. The van der Waals surface area contributed by atoms with Gasteiger partial charge < -0.3 is 0 Å². The molecule has 0 unspecified atom stereocenters. The lowest BCUT2D eigenvalue weighted by Crippen LogP contribution is -1.75. The van der Waals surface area contributed by atoms with Crippen molar-refractivity contribution in [1.29, 1.82) is 0 Å². The monoisotopic (exact) mass is 220 g/mol. The first kappa shape index (κ1) is 9.66. The summed E-state index contributed by atoms with van der Waals surface area (Å²) in [5, 5.41) is 0. The topological polar surface area (TPSA) is 17.1 Å². The Morgan fingerprint density at radius 3 is 2.50 bits per heavy atom. The van der Waals surface area contributed by atoms with Gasteiger partial charge in [0, 0.05) is 10.0 Å². The zero-order chi connectivity index (χ0) is 6.69. The van der Waals surface area contributed by atoms with E-state index >= 15 is 0 Å². The molecule has 0 saturated carbocycles. The standard InChI is InChI=1S/C7H5BrO.ClH/c8-7-3-1-2-6(4-7)5-9;/h1-5H;1H. The second-order valence-corrected chi connectivity index (χ2v) is 2.59. The van der Waals surface area contributed by atoms with Gasteiger partial charge in [0.25, 0.3) is 0 Å². The van der Waals surface area contributed by atoms with Crippen LogP contribution in [-0.2, 0) is 0 Å². The Balaban J connectivity index is 0.000000810. The molecular formula is C7H6BrClO. The number of hydrogen-bond acceptors (Lipinski definition) is 1. The van der Waals surface area contributed by atoms with Crippen molar-refractivity contribution < 1.29 is 4.79 Å². The van der Waals surface area contributed by atoms with E-state index in [1.807, 2.05) is 12.1 Å². The molecule has 1 aromatic carbocycles. The van der Waals surface area contributed by atoms with Gasteiger partial charge in [-0.1, -0.05) is 28.1 Å². The fraction of sp³-hybridized carbons (Fsp3) is 0. The van der Waals surface area contributed by atoms with Crippen LogP contribution in [0.4, 0.5) is 0 Å². The number of rotatable bonds is 1. The van der Waals surface area contributed by atoms with E-state index in [4.69, 9.17) is 0 Å². The number of carbonyl (C=O) groups excluding carboxylic acids is 1. The summed E-state index contributed by atoms with van der Waals surface area (Å²) in [5.41, 5.74) is 0.698. The molecule has 0 heterocycles. The molecule has 0 aliphatic carbocycles. The van der Waals surface area contributed by atoms with Gasteiger partial charge in [-0.3, -0.25) is 4.79 Å². The highest BCUT2D eigenvalue weighted by Crippen LogP contribution is 2.09. The van der Waals surface area contributed by atoms with Crippen molar-refractivity contribution >= 4 is 34.6 Å². The molecular weight excluding hydrogens is 215 g/mol. The molecule has 10 heavy (non-hydrogen) atoms. The average molecular weight is 221 g/mol. The SMILES string of the molecule is Cl.O=Cc1cccc(Br)c1. The summed E-state index contributed by atoms with van der Waals surface area (Å²) in [6.07, 6.45) is 0.824. The number of hydrogen-bond donors (Lipinski definition) is 0. The molecule has 0 amide bonds. The van der Waals surface area contributed by atoms with Crippen molar-refractivity contribution in [2.45, 2.75) is 0 Å². The average Bonchev–Trinajstić information content (AvgIpc) is 1.88. The largest absolute Gasteiger partial charge is 0.298 e. The molecule has 0 N–H and O–H groups in total. The zero-order valence-corrected chi connectivity index (χ0v) is 7.48. The minimum Gasteiger partial charge on any atom is -0.298 e. The molecule has 0 radical (unpaired) electrons. The third-order valence-corrected chi connectivity index (χ3v) is 1.48. The van der Waals surface area contributed by atoms with E-state index in [2.05, 4.69) is 15.9 Å². The summed E-state index contributed by atoms with van der Waals surface area (Å²) < 4.78 is 0.937. The van der Waals surface area contributed by atoms with E-state index in [-0.39, 0.29) is 12.4 Å². The number of benzene rings is 1. The van der Waals surface area contributed by atoms with Crippen LogP contribution in [0.3, 0.4) is 0 Å². The molecule has 0 aliphatic heterocycles. The molecule has 0 fully saturated rings. The van der Waals surface area contributed by atoms with Crippen molar-refractivity contribution in [2.24, 2.45) is 0 Å². The Bertz CT molecular complexity index is 225. The first-order valence-electron chi connectivity index (χ1n) is 2.53. The lowest BCUT2D eigenvalue weighted by atomic mass is 10.2. The van der Waals surface area contributed by atoms with E-state index in [0.717, 1.165) is 10.8 Å². The summed E-state index contributed by atoms with van der Waals surface area (Å²) in [6, 6.07) is 7.24. The molecule has 0 atom stereocenters. The Kier molecular flexibility index (Phi) is 4.32. The number of carbonyl (C=O) groups is 1. The summed E-state index contributed by atoms with van der Waals surface area (Å²) >= 11 is 3.24. The van der Waals surface area contributed by atoms with Crippen molar-refractivity contribution in [1.82, 2.24) is 0 Å². The van der Waals surface area contributed by atoms with Crippen molar-refractivity contribution in [3.63, 3.8) is 0 Å². The van der Waals surface area contributed by atoms with Crippen molar-refractivity contribution in [2.75, 3.05) is 0 Å². The molecule has 0 saturated heterocycles. The highest BCUT2D eigenvalue weighted by molar-refractivity contribution is 9.10. The second-order valence-electron chi connectivity index (χ2n) is 1.67. The highest BCUT2D eigenvalue weighted by Gasteiger charge is 1.87. The van der Waals surface area contributed by atoms with Crippen LogP contribution in [0.2, 0.25) is 0 Å². The third-order valence-electron chi connectivity index (χ3n) is 0.985. The Labute approximate surface area is 74.0 Å². The van der Waals surface area contributed by atoms with E-state index in [0.29, 0.717) is 5.56 Å². The van der Waals surface area contributed by atoms with Gasteiger partial charge in [0.2, 0.25) is 0 Å². The van der Waals surface area contributed by atoms with Gasteiger partial charge in [-0.2, -0.15) is 0 Å². The second kappa shape index (κ2) is 4.47. The molecule has 1 aromatic rings. The van der Waals surface area contributed by atoms with Gasteiger partial charge in [0.1, 0.15) is 6.29 Å². The Morgan fingerprint density at radius 2 is 2.10 bits per heavy atom. The van der Waals surface area contributed by atoms with Gasteiger partial charge >= 0.3 is 0 Å². The molecule has 1 rings (SSSR count). The molecule has 0 aliphatic rings. The lowest BCUT2D eigenvalue weighted by Gasteiger charge is -1.88. The van der Waals surface area contributed by atoms with Gasteiger partial charge in [-0.25, -0.2) is 0 Å². The fourth-order valence-electron chi connectivity index (χ4n) is 0.580. The zero-order valence-electron chi connectivity index (χ0n) is 5.08. The number of aldehydes is 1. The number of halogens is 2. The first-order chi connectivity index (χ1) is 4.33. The molecule has 1 nitrogen and oxygen atoms in total. The predicted molar refractivity (Wildman–Crippen MR) is 46.8 cm³/mol. The van der Waals surface area contributed by atoms with Crippen LogP contribution in [0.25, 0.3) is 0 Å². The maximum atomic E-state index is 10.1. The molecule has 0 bridgehead atoms. The van der Waals surface area contributed by atoms with Gasteiger partial charge in [0.05, 0.1) is 0 Å². The smallest absolute Gasteiger partial charge is 0.150 e. The van der Waals surface area contributed by atoms with Crippen molar-refractivity contribution in [3.05, 3.63) is 34.3 Å². The predicted octanol–water partition coefficient (Wildman–Crippen LogP) is 2.68. The normalized spacial score (nSPS) is 8.10. The highest BCUT2D eigenvalue weighted by atomic mass is 79.9. The van der Waals surface area contributed by atoms with Gasteiger partial charge in [0.15, 0.2) is 0 Å². The van der Waals surface area contributed by atoms with Crippen LogP contribution >= 0.6 is 28.3 Å². The van der Waals surface area contributed by atoms with Gasteiger partial charge in [-0.15, -0.1) is 12.4 Å². The summed E-state index contributed by atoms with van der Waals surface area (Å²) in [6.45, 7) is 0. The Morgan fingerprint density at radius 1 is 1.40 bits per heavy atom. The molecule has 0 spiro atoms. The molecule has 0 aromatic heterocycles. The maximum Gasteiger partial charge on any atom is 0.150 e. The maximum absolute atomic E-state index is 10.1. The van der Waals surface area contributed by atoms with Crippen LogP contribution in [0.1, 0.15) is 10.4 Å². The summed E-state index contributed by atoms with van der Waals surface area (Å²) in [5.74, 6) is 0. The van der Waals surface area contributed by atoms with E-state index in [1.54, 1.807) is 12.1 Å². The summed E-state index contributed by atoms with van der Waals surface area (Å²) in [7, 11) is 0. The fourth-order valence-corrected chi connectivity index (χ4v) is 0.997. The lowest BCUT2D eigenvalue weighted by molar-refractivity contribution is 0.112. The first-order valence-corrected chi connectivity index (χ1v) is 3.33. The van der Waals surface area contributed by atoms with Crippen LogP contribution < -0.4 is 0 Å². The van der Waals surface area contributed by atoms with E-state index in [1.165, 1.54) is 0 Å². The van der Waals surface area contributed by atoms with Gasteiger partial charge in [-0.05, 0) is 12.1 Å². The van der Waals surface area contributed by atoms with Crippen LogP contribution in [-0.4, -0.2) is 6.29 Å². The van der Waals surface area contributed by atoms with Crippen LogP contribution in [0, 0.1) is 0 Å².